The van der Waals surface area contributed by atoms with Crippen LogP contribution in [0.1, 0.15) is 12.5 Å². The first-order chi connectivity index (χ1) is 15.8. The molecule has 2 aromatic rings. The number of methoxy groups -OCH3 is 2. The largest absolute Gasteiger partial charge is 0.493 e. The Morgan fingerprint density at radius 3 is 2.24 bits per heavy atom. The molecule has 0 aromatic heterocycles. The van der Waals surface area contributed by atoms with Gasteiger partial charge in [-0.05, 0) is 50.2 Å². The van der Waals surface area contributed by atoms with Crippen molar-refractivity contribution in [1.29, 1.82) is 0 Å². The topological polar surface area (TPSA) is 79.4 Å². The summed E-state index contributed by atoms with van der Waals surface area (Å²) in [6.07, 6.45) is 0.761. The molecule has 0 aliphatic carbocycles. The lowest BCUT2D eigenvalue weighted by molar-refractivity contribution is -0.137. The minimum atomic E-state index is -3.53. The SMILES string of the molecule is COc1ccc(CCN(C)[C@H](C)C(=O)N2CCN(S(=O)(=O)c3ccccc3)CC2)cc1OC. The highest BCUT2D eigenvalue weighted by Crippen LogP contribution is 2.27. The number of nitrogens with zero attached hydrogens (tertiary/aromatic N) is 3. The Labute approximate surface area is 196 Å². The first-order valence-corrected chi connectivity index (χ1v) is 12.5. The first-order valence-electron chi connectivity index (χ1n) is 11.0. The maximum absolute atomic E-state index is 13.0. The van der Waals surface area contributed by atoms with Crippen LogP contribution in [0, 0.1) is 0 Å². The van der Waals surface area contributed by atoms with Crippen molar-refractivity contribution in [2.24, 2.45) is 0 Å². The van der Waals surface area contributed by atoms with Gasteiger partial charge in [-0.25, -0.2) is 8.42 Å². The van der Waals surface area contributed by atoms with Gasteiger partial charge in [-0.15, -0.1) is 0 Å². The van der Waals surface area contributed by atoms with Crippen LogP contribution >= 0.6 is 0 Å². The molecule has 9 heteroatoms. The lowest BCUT2D eigenvalue weighted by Crippen LogP contribution is -2.54. The van der Waals surface area contributed by atoms with Gasteiger partial charge in [0.05, 0.1) is 25.2 Å². The number of ether oxygens (including phenoxy) is 2. The van der Waals surface area contributed by atoms with Crippen LogP contribution in [0.25, 0.3) is 0 Å². The second-order valence-electron chi connectivity index (χ2n) is 8.14. The summed E-state index contributed by atoms with van der Waals surface area (Å²) in [6, 6.07) is 13.9. The van der Waals surface area contributed by atoms with Crippen LogP contribution in [-0.2, 0) is 21.2 Å². The molecule has 180 valence electrons. The molecule has 2 aromatic carbocycles. The van der Waals surface area contributed by atoms with Gasteiger partial charge in [0.25, 0.3) is 0 Å². The fourth-order valence-electron chi connectivity index (χ4n) is 3.88. The highest BCUT2D eigenvalue weighted by Gasteiger charge is 2.32. The van der Waals surface area contributed by atoms with Gasteiger partial charge in [0.15, 0.2) is 11.5 Å². The van der Waals surface area contributed by atoms with Gasteiger partial charge in [0.1, 0.15) is 0 Å². The predicted octanol–water partition coefficient (Wildman–Crippen LogP) is 2.10. The van der Waals surface area contributed by atoms with Gasteiger partial charge in [-0.3, -0.25) is 9.69 Å². The van der Waals surface area contributed by atoms with Crippen LogP contribution in [0.2, 0.25) is 0 Å². The average molecular weight is 476 g/mol. The van der Waals surface area contributed by atoms with Gasteiger partial charge < -0.3 is 14.4 Å². The van der Waals surface area contributed by atoms with Crippen LogP contribution < -0.4 is 9.47 Å². The van der Waals surface area contributed by atoms with Crippen molar-refractivity contribution >= 4 is 15.9 Å². The number of hydrogen-bond donors (Lipinski definition) is 0. The Bertz CT molecular complexity index is 1040. The number of carbonyl (C=O) groups excluding carboxylic acids is 1. The molecule has 0 N–H and O–H groups in total. The van der Waals surface area contributed by atoms with Gasteiger partial charge in [0, 0.05) is 32.7 Å². The molecule has 1 aliphatic heterocycles. The molecule has 0 spiro atoms. The highest BCUT2D eigenvalue weighted by molar-refractivity contribution is 7.89. The molecule has 0 bridgehead atoms. The molecule has 33 heavy (non-hydrogen) atoms. The minimum Gasteiger partial charge on any atom is -0.493 e. The molecule has 0 saturated carbocycles. The third kappa shape index (κ3) is 5.85. The molecule has 0 unspecified atom stereocenters. The molecule has 1 amide bonds. The zero-order valence-corrected chi connectivity index (χ0v) is 20.5. The summed E-state index contributed by atoms with van der Waals surface area (Å²) >= 11 is 0. The molecule has 1 saturated heterocycles. The van der Waals surface area contributed by atoms with E-state index in [4.69, 9.17) is 9.47 Å². The molecule has 1 aliphatic rings. The third-order valence-corrected chi connectivity index (χ3v) is 8.06. The van der Waals surface area contributed by atoms with Crippen LogP contribution in [0.3, 0.4) is 0 Å². The summed E-state index contributed by atoms with van der Waals surface area (Å²) in [5.41, 5.74) is 1.10. The summed E-state index contributed by atoms with van der Waals surface area (Å²) in [6.45, 7) is 3.96. The molecular formula is C24H33N3O5S. The predicted molar refractivity (Wildman–Crippen MR) is 127 cm³/mol. The van der Waals surface area contributed by atoms with Crippen molar-refractivity contribution in [2.75, 3.05) is 54.0 Å². The molecule has 8 nitrogen and oxygen atoms in total. The normalized spacial score (nSPS) is 16.0. The fraction of sp³-hybridized carbons (Fsp3) is 0.458. The number of piperazine rings is 1. The van der Waals surface area contributed by atoms with Crippen molar-refractivity contribution in [3.05, 3.63) is 54.1 Å². The zero-order valence-electron chi connectivity index (χ0n) is 19.7. The van der Waals surface area contributed by atoms with E-state index < -0.39 is 10.0 Å². The summed E-state index contributed by atoms with van der Waals surface area (Å²) in [5, 5.41) is 0. The van der Waals surface area contributed by atoms with E-state index in [0.29, 0.717) is 44.2 Å². The van der Waals surface area contributed by atoms with E-state index in [-0.39, 0.29) is 16.8 Å². The molecule has 0 radical (unpaired) electrons. The van der Waals surface area contributed by atoms with E-state index in [1.54, 1.807) is 49.5 Å². The van der Waals surface area contributed by atoms with Gasteiger partial charge >= 0.3 is 0 Å². The second kappa shape index (κ2) is 11.0. The van der Waals surface area contributed by atoms with Crippen LogP contribution in [0.4, 0.5) is 0 Å². The maximum Gasteiger partial charge on any atom is 0.243 e. The number of rotatable bonds is 9. The maximum atomic E-state index is 13.0. The van der Waals surface area contributed by atoms with Gasteiger partial charge in [0.2, 0.25) is 15.9 Å². The van der Waals surface area contributed by atoms with Crippen molar-refractivity contribution in [3.63, 3.8) is 0 Å². The average Bonchev–Trinajstić information content (AvgIpc) is 2.86. The van der Waals surface area contributed by atoms with E-state index in [0.717, 1.165) is 12.0 Å². The Hall–Kier alpha value is -2.62. The second-order valence-corrected chi connectivity index (χ2v) is 10.1. The van der Waals surface area contributed by atoms with E-state index in [9.17, 15) is 13.2 Å². The Kier molecular flexibility index (Phi) is 8.34. The molecule has 1 atom stereocenters. The van der Waals surface area contributed by atoms with E-state index in [1.165, 1.54) is 4.31 Å². The number of amides is 1. The standard InChI is InChI=1S/C24H33N3O5S/c1-19(25(2)13-12-20-10-11-22(31-3)23(18-20)32-4)24(28)26-14-16-27(17-15-26)33(29,30)21-8-6-5-7-9-21/h5-11,18-19H,12-17H2,1-4H3/t19-/m1/s1. The Balaban J connectivity index is 1.53. The summed E-state index contributed by atoms with van der Waals surface area (Å²) < 4.78 is 37.7. The van der Waals surface area contributed by atoms with Crippen LogP contribution in [0.15, 0.2) is 53.4 Å². The quantitative estimate of drug-likeness (QED) is 0.553. The number of hydrogen-bond acceptors (Lipinski definition) is 6. The Morgan fingerprint density at radius 1 is 1.00 bits per heavy atom. The van der Waals surface area contributed by atoms with Crippen LogP contribution in [0.5, 0.6) is 11.5 Å². The smallest absolute Gasteiger partial charge is 0.243 e. The monoisotopic (exact) mass is 475 g/mol. The number of carbonyl (C=O) groups is 1. The van der Waals surface area contributed by atoms with Crippen molar-refractivity contribution < 1.29 is 22.7 Å². The number of likely N-dealkylation sites (N-methyl/N-ethyl adjacent to an activating group) is 1. The van der Waals surface area contributed by atoms with Crippen molar-refractivity contribution in [1.82, 2.24) is 14.1 Å². The van der Waals surface area contributed by atoms with Crippen LogP contribution in [-0.4, -0.2) is 88.5 Å². The van der Waals surface area contributed by atoms with E-state index >= 15 is 0 Å². The summed E-state index contributed by atoms with van der Waals surface area (Å²) in [4.78, 5) is 17.1. The molecular weight excluding hydrogens is 442 g/mol. The zero-order chi connectivity index (χ0) is 24.0. The molecule has 1 heterocycles. The van der Waals surface area contributed by atoms with Gasteiger partial charge in [-0.2, -0.15) is 4.31 Å². The van der Waals surface area contributed by atoms with Crippen molar-refractivity contribution in [3.8, 4) is 11.5 Å². The summed E-state index contributed by atoms with van der Waals surface area (Å²) in [7, 11) is 1.62. The molecule has 3 rings (SSSR count). The number of sulfonamides is 1. The molecule has 1 fully saturated rings. The number of benzene rings is 2. The van der Waals surface area contributed by atoms with E-state index in [2.05, 4.69) is 0 Å². The lowest BCUT2D eigenvalue weighted by Gasteiger charge is -2.36. The van der Waals surface area contributed by atoms with Gasteiger partial charge in [-0.1, -0.05) is 24.3 Å². The Morgan fingerprint density at radius 2 is 1.64 bits per heavy atom. The fourth-order valence-corrected chi connectivity index (χ4v) is 5.32. The highest BCUT2D eigenvalue weighted by atomic mass is 32.2. The van der Waals surface area contributed by atoms with E-state index in [1.807, 2.05) is 37.1 Å². The first kappa shape index (κ1) is 25.0. The summed E-state index contributed by atoms with van der Waals surface area (Å²) in [5.74, 6) is 1.39. The lowest BCUT2D eigenvalue weighted by atomic mass is 10.1. The third-order valence-electron chi connectivity index (χ3n) is 6.15. The van der Waals surface area contributed by atoms with Crippen molar-refractivity contribution in [2.45, 2.75) is 24.3 Å². The minimum absolute atomic E-state index is 0.0153.